The predicted molar refractivity (Wildman–Crippen MR) is 51.8 cm³/mol. The fourth-order valence-electron chi connectivity index (χ4n) is 1.50. The summed E-state index contributed by atoms with van der Waals surface area (Å²) in [5.41, 5.74) is -0.299. The number of hydrogen-bond donors (Lipinski definition) is 2. The van der Waals surface area contributed by atoms with Crippen LogP contribution in [-0.4, -0.2) is 40.4 Å². The van der Waals surface area contributed by atoms with Crippen LogP contribution in [0.5, 0.6) is 0 Å². The molecule has 4 atom stereocenters. The van der Waals surface area contributed by atoms with E-state index in [1.807, 2.05) is 20.8 Å². The molecule has 14 heavy (non-hydrogen) atoms. The van der Waals surface area contributed by atoms with E-state index in [1.54, 1.807) is 6.92 Å². The van der Waals surface area contributed by atoms with Gasteiger partial charge < -0.3 is 19.7 Å². The van der Waals surface area contributed by atoms with Crippen molar-refractivity contribution in [3.05, 3.63) is 0 Å². The maximum Gasteiger partial charge on any atom is 0.161 e. The molecule has 0 aromatic rings. The topological polar surface area (TPSA) is 58.9 Å². The number of aliphatic hydroxyl groups is 2. The van der Waals surface area contributed by atoms with Crippen molar-refractivity contribution in [2.24, 2.45) is 0 Å². The summed E-state index contributed by atoms with van der Waals surface area (Å²) in [5, 5.41) is 18.9. The molecule has 1 saturated heterocycles. The van der Waals surface area contributed by atoms with Crippen molar-refractivity contribution < 1.29 is 19.7 Å². The predicted octanol–water partition coefficient (Wildman–Crippen LogP) is 0.658. The van der Waals surface area contributed by atoms with Crippen LogP contribution in [0.25, 0.3) is 0 Å². The second-order valence-electron chi connectivity index (χ2n) is 4.79. The van der Waals surface area contributed by atoms with Gasteiger partial charge >= 0.3 is 0 Å². The molecule has 1 heterocycles. The van der Waals surface area contributed by atoms with E-state index in [9.17, 15) is 10.2 Å². The summed E-state index contributed by atoms with van der Waals surface area (Å²) in [6, 6.07) is 0. The van der Waals surface area contributed by atoms with E-state index in [1.165, 1.54) is 0 Å². The number of ether oxygens (including phenoxy) is 2. The minimum atomic E-state index is -0.810. The largest absolute Gasteiger partial charge is 0.390 e. The third-order valence-corrected chi connectivity index (χ3v) is 2.16. The first-order valence-corrected chi connectivity index (χ1v) is 4.99. The van der Waals surface area contributed by atoms with Crippen LogP contribution in [-0.2, 0) is 9.47 Å². The minimum absolute atomic E-state index is 0.299. The Balaban J connectivity index is 2.50. The van der Waals surface area contributed by atoms with Crippen molar-refractivity contribution in [1.82, 2.24) is 0 Å². The van der Waals surface area contributed by atoms with E-state index >= 15 is 0 Å². The van der Waals surface area contributed by atoms with Gasteiger partial charge in [0.25, 0.3) is 0 Å². The molecular weight excluding hydrogens is 184 g/mol. The molecule has 0 radical (unpaired) electrons. The lowest BCUT2D eigenvalue weighted by atomic mass is 10.0. The summed E-state index contributed by atoms with van der Waals surface area (Å²) < 4.78 is 11.0. The Labute approximate surface area is 84.8 Å². The highest BCUT2D eigenvalue weighted by Gasteiger charge is 2.36. The van der Waals surface area contributed by atoms with E-state index in [0.717, 1.165) is 0 Å². The SMILES string of the molecule is C[C@H]1O[C@@H](OC(C)(C)C)C[C@@H](O)[C@@H]1O. The van der Waals surface area contributed by atoms with Crippen LogP contribution in [0, 0.1) is 0 Å². The van der Waals surface area contributed by atoms with Gasteiger partial charge in [-0.05, 0) is 27.7 Å². The Morgan fingerprint density at radius 3 is 2.29 bits per heavy atom. The average Bonchev–Trinajstić information content (AvgIpc) is 1.96. The van der Waals surface area contributed by atoms with Crippen LogP contribution in [0.4, 0.5) is 0 Å². The van der Waals surface area contributed by atoms with E-state index in [4.69, 9.17) is 9.47 Å². The molecular formula is C10H20O4. The third kappa shape index (κ3) is 3.20. The van der Waals surface area contributed by atoms with Crippen molar-refractivity contribution >= 4 is 0 Å². The first kappa shape index (κ1) is 11.9. The first-order valence-electron chi connectivity index (χ1n) is 4.99. The van der Waals surface area contributed by atoms with Crippen LogP contribution in [0.2, 0.25) is 0 Å². The minimum Gasteiger partial charge on any atom is -0.390 e. The highest BCUT2D eigenvalue weighted by molar-refractivity contribution is 4.80. The summed E-state index contributed by atoms with van der Waals surface area (Å²) in [6.45, 7) is 7.52. The highest BCUT2D eigenvalue weighted by atomic mass is 16.7. The number of hydrogen-bond acceptors (Lipinski definition) is 4. The van der Waals surface area contributed by atoms with E-state index in [0.29, 0.717) is 6.42 Å². The van der Waals surface area contributed by atoms with E-state index in [-0.39, 0.29) is 11.7 Å². The maximum atomic E-state index is 9.51. The summed E-state index contributed by atoms with van der Waals surface area (Å²) in [4.78, 5) is 0. The fraction of sp³-hybridized carbons (Fsp3) is 1.00. The van der Waals surface area contributed by atoms with E-state index < -0.39 is 18.5 Å². The molecule has 84 valence electrons. The zero-order chi connectivity index (χ0) is 10.9. The number of rotatable bonds is 1. The van der Waals surface area contributed by atoms with Gasteiger partial charge in [-0.2, -0.15) is 0 Å². The van der Waals surface area contributed by atoms with Gasteiger partial charge in [0.05, 0.1) is 17.8 Å². The maximum absolute atomic E-state index is 9.51. The highest BCUT2D eigenvalue weighted by Crippen LogP contribution is 2.24. The molecule has 4 nitrogen and oxygen atoms in total. The third-order valence-electron chi connectivity index (χ3n) is 2.16. The quantitative estimate of drug-likeness (QED) is 0.658. The molecule has 0 aromatic carbocycles. The van der Waals surface area contributed by atoms with Crippen molar-refractivity contribution in [2.45, 2.75) is 64.3 Å². The first-order chi connectivity index (χ1) is 6.29. The molecule has 0 bridgehead atoms. The van der Waals surface area contributed by atoms with Gasteiger partial charge in [0.2, 0.25) is 0 Å². The molecule has 1 fully saturated rings. The van der Waals surface area contributed by atoms with Crippen LogP contribution in [0.3, 0.4) is 0 Å². The van der Waals surface area contributed by atoms with Gasteiger partial charge in [0, 0.05) is 6.42 Å². The molecule has 0 unspecified atom stereocenters. The van der Waals surface area contributed by atoms with Crippen molar-refractivity contribution in [3.8, 4) is 0 Å². The van der Waals surface area contributed by atoms with Crippen LogP contribution in [0.15, 0.2) is 0 Å². The Bertz CT molecular complexity index is 175. The Hall–Kier alpha value is -0.160. The van der Waals surface area contributed by atoms with Gasteiger partial charge in [-0.1, -0.05) is 0 Å². The van der Waals surface area contributed by atoms with Crippen LogP contribution < -0.4 is 0 Å². The zero-order valence-corrected chi connectivity index (χ0v) is 9.23. The normalized spacial score (nSPS) is 39.9. The molecule has 1 rings (SSSR count). The average molecular weight is 204 g/mol. The monoisotopic (exact) mass is 204 g/mol. The molecule has 2 N–H and O–H groups in total. The Morgan fingerprint density at radius 1 is 1.29 bits per heavy atom. The lowest BCUT2D eigenvalue weighted by molar-refractivity contribution is -0.272. The van der Waals surface area contributed by atoms with Gasteiger partial charge in [-0.25, -0.2) is 0 Å². The van der Waals surface area contributed by atoms with Gasteiger partial charge in [0.1, 0.15) is 6.10 Å². The fourth-order valence-corrected chi connectivity index (χ4v) is 1.50. The molecule has 4 heteroatoms. The standard InChI is InChI=1S/C10H20O4/c1-6-9(12)7(11)5-8(13-6)14-10(2,3)4/h6-9,11-12H,5H2,1-4H3/t6-,7-,8+,9-/m1/s1. The van der Waals surface area contributed by atoms with Crippen LogP contribution in [0.1, 0.15) is 34.1 Å². The second kappa shape index (κ2) is 4.14. The summed E-state index contributed by atoms with van der Waals surface area (Å²) in [6.07, 6.45) is -2.06. The summed E-state index contributed by atoms with van der Waals surface area (Å²) in [7, 11) is 0. The second-order valence-corrected chi connectivity index (χ2v) is 4.79. The van der Waals surface area contributed by atoms with Gasteiger partial charge in [-0.3, -0.25) is 0 Å². The number of aliphatic hydroxyl groups excluding tert-OH is 2. The zero-order valence-electron chi connectivity index (χ0n) is 9.23. The smallest absolute Gasteiger partial charge is 0.161 e. The van der Waals surface area contributed by atoms with Crippen molar-refractivity contribution in [3.63, 3.8) is 0 Å². The summed E-state index contributed by atoms with van der Waals surface area (Å²) >= 11 is 0. The molecule has 1 aliphatic rings. The molecule has 0 spiro atoms. The van der Waals surface area contributed by atoms with Crippen molar-refractivity contribution in [2.75, 3.05) is 0 Å². The van der Waals surface area contributed by atoms with E-state index in [2.05, 4.69) is 0 Å². The van der Waals surface area contributed by atoms with Gasteiger partial charge in [-0.15, -0.1) is 0 Å². The lowest BCUT2D eigenvalue weighted by Crippen LogP contribution is -2.49. The van der Waals surface area contributed by atoms with Crippen LogP contribution >= 0.6 is 0 Å². The van der Waals surface area contributed by atoms with Gasteiger partial charge in [0.15, 0.2) is 6.29 Å². The molecule has 0 saturated carbocycles. The lowest BCUT2D eigenvalue weighted by Gasteiger charge is -2.38. The van der Waals surface area contributed by atoms with Crippen molar-refractivity contribution in [1.29, 1.82) is 0 Å². The molecule has 0 amide bonds. The molecule has 0 aliphatic carbocycles. The summed E-state index contributed by atoms with van der Waals surface area (Å²) in [5.74, 6) is 0. The molecule has 0 aromatic heterocycles. The molecule has 1 aliphatic heterocycles. The Kier molecular flexibility index (Phi) is 3.53. The Morgan fingerprint density at radius 2 is 1.86 bits per heavy atom.